The van der Waals surface area contributed by atoms with E-state index in [4.69, 9.17) is 10.00 Å². The first kappa shape index (κ1) is 17.5. The molecule has 3 rings (SSSR count). The molecule has 1 amide bonds. The number of hydrogen-bond acceptors (Lipinski definition) is 3. The summed E-state index contributed by atoms with van der Waals surface area (Å²) in [6, 6.07) is 25.6. The van der Waals surface area contributed by atoms with E-state index < -0.39 is 0 Å². The molecule has 0 aliphatic rings. The van der Waals surface area contributed by atoms with Crippen molar-refractivity contribution in [1.29, 1.82) is 5.26 Å². The smallest absolute Gasteiger partial charge is 0.260 e. The lowest BCUT2D eigenvalue weighted by Crippen LogP contribution is -2.35. The summed E-state index contributed by atoms with van der Waals surface area (Å²) in [7, 11) is 0. The van der Waals surface area contributed by atoms with Gasteiger partial charge in [0.2, 0.25) is 0 Å². The highest BCUT2D eigenvalue weighted by molar-refractivity contribution is 5.84. The summed E-state index contributed by atoms with van der Waals surface area (Å²) in [5.74, 6) is 0.536. The summed E-state index contributed by atoms with van der Waals surface area (Å²) in [6.07, 6.45) is 0.300. The van der Waals surface area contributed by atoms with Gasteiger partial charge in [0.25, 0.3) is 5.91 Å². The van der Waals surface area contributed by atoms with Gasteiger partial charge in [-0.1, -0.05) is 60.7 Å². The maximum absolute atomic E-state index is 12.6. The largest absolute Gasteiger partial charge is 0.484 e. The lowest BCUT2D eigenvalue weighted by molar-refractivity contribution is -0.133. The van der Waals surface area contributed by atoms with Crippen LogP contribution in [0.3, 0.4) is 0 Å². The fourth-order valence-corrected chi connectivity index (χ4v) is 2.77. The van der Waals surface area contributed by atoms with E-state index in [1.54, 1.807) is 4.90 Å². The van der Waals surface area contributed by atoms with Gasteiger partial charge in [-0.2, -0.15) is 5.26 Å². The molecule has 0 N–H and O–H groups in total. The minimum atomic E-state index is -0.128. The highest BCUT2D eigenvalue weighted by Gasteiger charge is 2.14. The Morgan fingerprint density at radius 2 is 1.69 bits per heavy atom. The molecule has 0 saturated heterocycles. The number of amides is 1. The normalized spacial score (nSPS) is 10.3. The van der Waals surface area contributed by atoms with Crippen LogP contribution in [0.4, 0.5) is 0 Å². The minimum Gasteiger partial charge on any atom is -0.484 e. The first-order chi connectivity index (χ1) is 12.8. The molecular weight excluding hydrogens is 324 g/mol. The standard InChI is InChI=1S/C22H20N2O2/c23-13-6-14-24(16-18-7-2-1-3-8-18)22(25)17-26-21-12-11-19-9-4-5-10-20(19)15-21/h1-5,7-12,15H,6,14,16-17H2. The Morgan fingerprint density at radius 1 is 0.962 bits per heavy atom. The minimum absolute atomic E-state index is 0.0450. The van der Waals surface area contributed by atoms with Crippen molar-refractivity contribution in [3.05, 3.63) is 78.4 Å². The lowest BCUT2D eigenvalue weighted by Gasteiger charge is -2.22. The number of benzene rings is 3. The third-order valence-corrected chi connectivity index (χ3v) is 4.15. The molecule has 130 valence electrons. The Labute approximate surface area is 153 Å². The van der Waals surface area contributed by atoms with E-state index >= 15 is 0 Å². The summed E-state index contributed by atoms with van der Waals surface area (Å²) < 4.78 is 5.70. The third kappa shape index (κ3) is 4.61. The molecule has 0 unspecified atom stereocenters. The molecule has 3 aromatic rings. The van der Waals surface area contributed by atoms with Gasteiger partial charge < -0.3 is 9.64 Å². The van der Waals surface area contributed by atoms with Crippen LogP contribution in [-0.4, -0.2) is 24.0 Å². The Balaban J connectivity index is 1.65. The van der Waals surface area contributed by atoms with Crippen molar-refractivity contribution in [3.8, 4) is 11.8 Å². The summed E-state index contributed by atoms with van der Waals surface area (Å²) in [4.78, 5) is 14.2. The maximum atomic E-state index is 12.6. The predicted octanol–water partition coefficient (Wildman–Crippen LogP) is 4.16. The van der Waals surface area contributed by atoms with Gasteiger partial charge in [-0.25, -0.2) is 0 Å². The van der Waals surface area contributed by atoms with Crippen molar-refractivity contribution in [2.24, 2.45) is 0 Å². The summed E-state index contributed by atoms with van der Waals surface area (Å²) in [6.45, 7) is 0.824. The van der Waals surface area contributed by atoms with Crippen LogP contribution < -0.4 is 4.74 Å². The number of carbonyl (C=O) groups excluding carboxylic acids is 1. The monoisotopic (exact) mass is 344 g/mol. The number of fused-ring (bicyclic) bond motifs is 1. The fourth-order valence-electron chi connectivity index (χ4n) is 2.77. The number of nitriles is 1. The number of ether oxygens (including phenoxy) is 1. The van der Waals surface area contributed by atoms with E-state index in [0.29, 0.717) is 25.3 Å². The van der Waals surface area contributed by atoms with Crippen LogP contribution in [-0.2, 0) is 11.3 Å². The highest BCUT2D eigenvalue weighted by atomic mass is 16.5. The number of hydrogen-bond donors (Lipinski definition) is 0. The molecule has 4 heteroatoms. The van der Waals surface area contributed by atoms with Crippen LogP contribution in [0, 0.1) is 11.3 Å². The van der Waals surface area contributed by atoms with E-state index in [1.165, 1.54) is 0 Å². The second kappa shape index (κ2) is 8.68. The molecule has 0 bridgehead atoms. The Kier molecular flexibility index (Phi) is 5.84. The van der Waals surface area contributed by atoms with Crippen molar-refractivity contribution in [1.82, 2.24) is 4.90 Å². The van der Waals surface area contributed by atoms with E-state index in [1.807, 2.05) is 72.8 Å². The summed E-state index contributed by atoms with van der Waals surface area (Å²) >= 11 is 0. The van der Waals surface area contributed by atoms with Crippen molar-refractivity contribution in [3.63, 3.8) is 0 Å². The molecule has 0 atom stereocenters. The van der Waals surface area contributed by atoms with E-state index in [0.717, 1.165) is 16.3 Å². The maximum Gasteiger partial charge on any atom is 0.260 e. The van der Waals surface area contributed by atoms with Gasteiger partial charge in [0.1, 0.15) is 5.75 Å². The van der Waals surface area contributed by atoms with Crippen LogP contribution in [0.25, 0.3) is 10.8 Å². The molecule has 0 aromatic heterocycles. The molecule has 3 aromatic carbocycles. The quantitative estimate of drug-likeness (QED) is 0.647. The molecule has 0 fully saturated rings. The molecule has 4 nitrogen and oxygen atoms in total. The van der Waals surface area contributed by atoms with Crippen molar-refractivity contribution in [2.75, 3.05) is 13.2 Å². The van der Waals surface area contributed by atoms with Crippen LogP contribution in [0.5, 0.6) is 5.75 Å². The summed E-state index contributed by atoms with van der Waals surface area (Å²) in [5, 5.41) is 11.1. The number of nitrogens with zero attached hydrogens (tertiary/aromatic N) is 2. The molecule has 0 saturated carbocycles. The molecule has 26 heavy (non-hydrogen) atoms. The zero-order valence-corrected chi connectivity index (χ0v) is 14.5. The zero-order chi connectivity index (χ0) is 18.2. The predicted molar refractivity (Wildman–Crippen MR) is 102 cm³/mol. The van der Waals surface area contributed by atoms with Gasteiger partial charge >= 0.3 is 0 Å². The Hall–Kier alpha value is -3.32. The third-order valence-electron chi connectivity index (χ3n) is 4.15. The lowest BCUT2D eigenvalue weighted by atomic mass is 10.1. The van der Waals surface area contributed by atoms with E-state index in [2.05, 4.69) is 6.07 Å². The molecule has 0 radical (unpaired) electrons. The molecule has 0 heterocycles. The first-order valence-corrected chi connectivity index (χ1v) is 8.56. The SMILES string of the molecule is N#CCCN(Cc1ccccc1)C(=O)COc1ccc2ccccc2c1. The average molecular weight is 344 g/mol. The molecule has 0 aliphatic heterocycles. The summed E-state index contributed by atoms with van der Waals surface area (Å²) in [5.41, 5.74) is 1.03. The second-order valence-electron chi connectivity index (χ2n) is 6.01. The van der Waals surface area contributed by atoms with Crippen LogP contribution in [0.1, 0.15) is 12.0 Å². The van der Waals surface area contributed by atoms with Gasteiger partial charge in [-0.05, 0) is 28.5 Å². The van der Waals surface area contributed by atoms with Gasteiger partial charge in [-0.15, -0.1) is 0 Å². The zero-order valence-electron chi connectivity index (χ0n) is 14.5. The first-order valence-electron chi connectivity index (χ1n) is 8.56. The highest BCUT2D eigenvalue weighted by Crippen LogP contribution is 2.20. The van der Waals surface area contributed by atoms with Crippen LogP contribution in [0.2, 0.25) is 0 Å². The van der Waals surface area contributed by atoms with Crippen molar-refractivity contribution >= 4 is 16.7 Å². The molecule has 0 spiro atoms. The number of rotatable bonds is 7. The Morgan fingerprint density at radius 3 is 2.46 bits per heavy atom. The van der Waals surface area contributed by atoms with Crippen molar-refractivity contribution in [2.45, 2.75) is 13.0 Å². The molecular formula is C22H20N2O2. The second-order valence-corrected chi connectivity index (χ2v) is 6.01. The van der Waals surface area contributed by atoms with Gasteiger partial charge in [0.05, 0.1) is 12.5 Å². The van der Waals surface area contributed by atoms with Gasteiger partial charge in [0, 0.05) is 13.1 Å². The van der Waals surface area contributed by atoms with Crippen LogP contribution >= 0.6 is 0 Å². The number of carbonyl (C=O) groups is 1. The van der Waals surface area contributed by atoms with Crippen molar-refractivity contribution < 1.29 is 9.53 Å². The fraction of sp³-hybridized carbons (Fsp3) is 0.182. The van der Waals surface area contributed by atoms with Gasteiger partial charge in [-0.3, -0.25) is 4.79 Å². The molecule has 0 aliphatic carbocycles. The Bertz CT molecular complexity index is 916. The van der Waals surface area contributed by atoms with Gasteiger partial charge in [0.15, 0.2) is 6.61 Å². The van der Waals surface area contributed by atoms with Crippen LogP contribution in [0.15, 0.2) is 72.8 Å². The van der Waals surface area contributed by atoms with E-state index in [-0.39, 0.29) is 12.5 Å². The topological polar surface area (TPSA) is 53.3 Å². The van der Waals surface area contributed by atoms with E-state index in [9.17, 15) is 4.79 Å². The average Bonchev–Trinajstić information content (AvgIpc) is 2.70.